The Balaban J connectivity index is 1.74. The molecule has 0 aromatic carbocycles. The maximum Gasteiger partial charge on any atom is 0.417 e. The number of aromatic nitrogens is 4. The number of likely N-dealkylation sites (tertiary alicyclic amines) is 1. The highest BCUT2D eigenvalue weighted by Gasteiger charge is 2.32. The molecule has 1 saturated heterocycles. The van der Waals surface area contributed by atoms with E-state index in [0.717, 1.165) is 49.1 Å². The van der Waals surface area contributed by atoms with E-state index in [9.17, 15) is 13.2 Å². The van der Waals surface area contributed by atoms with Crippen LogP contribution < -0.4 is 5.32 Å². The first kappa shape index (κ1) is 19.9. The third-order valence-electron chi connectivity index (χ3n) is 5.16. The van der Waals surface area contributed by atoms with Crippen LogP contribution in [0.4, 0.5) is 19.0 Å². The van der Waals surface area contributed by atoms with Crippen LogP contribution in [0.3, 0.4) is 0 Å². The van der Waals surface area contributed by atoms with Crippen molar-refractivity contribution in [2.75, 3.05) is 25.5 Å². The Morgan fingerprint density at radius 1 is 1.21 bits per heavy atom. The Morgan fingerprint density at radius 2 is 2.00 bits per heavy atom. The van der Waals surface area contributed by atoms with Crippen LogP contribution in [0, 0.1) is 0 Å². The summed E-state index contributed by atoms with van der Waals surface area (Å²) in [5, 5.41) is 12.7. The second kappa shape index (κ2) is 7.46. The fraction of sp³-hybridized carbons (Fsp3) is 0.421. The average Bonchev–Trinajstić information content (AvgIpc) is 3.04. The van der Waals surface area contributed by atoms with Gasteiger partial charge in [-0.15, -0.1) is 10.2 Å². The summed E-state index contributed by atoms with van der Waals surface area (Å²) < 4.78 is 40.7. The summed E-state index contributed by atoms with van der Waals surface area (Å²) >= 11 is 6.13. The van der Waals surface area contributed by atoms with Crippen molar-refractivity contribution in [1.29, 1.82) is 0 Å². The molecule has 4 rings (SSSR count). The predicted molar refractivity (Wildman–Crippen MR) is 106 cm³/mol. The van der Waals surface area contributed by atoms with Gasteiger partial charge in [-0.3, -0.25) is 4.98 Å². The lowest BCUT2D eigenvalue weighted by Crippen LogP contribution is -2.40. The van der Waals surface area contributed by atoms with Crippen LogP contribution in [0.25, 0.3) is 22.3 Å². The minimum Gasteiger partial charge on any atom is -0.363 e. The zero-order valence-electron chi connectivity index (χ0n) is 16.0. The van der Waals surface area contributed by atoms with Crippen molar-refractivity contribution < 1.29 is 13.2 Å². The number of hydrogen-bond donors (Lipinski definition) is 1. The SMILES string of the molecule is CN1CCC[C@@H](Nc2nnc(-c3ncc(C(F)(F)F)cc3Cl)c3ccn(C)c23)C1. The van der Waals surface area contributed by atoms with Gasteiger partial charge in [0.2, 0.25) is 0 Å². The first-order chi connectivity index (χ1) is 13.7. The third kappa shape index (κ3) is 3.89. The summed E-state index contributed by atoms with van der Waals surface area (Å²) in [6.07, 6.45) is 0.242. The fourth-order valence-corrected chi connectivity index (χ4v) is 3.99. The van der Waals surface area contributed by atoms with Gasteiger partial charge in [0, 0.05) is 37.4 Å². The largest absolute Gasteiger partial charge is 0.417 e. The Kier molecular flexibility index (Phi) is 5.12. The summed E-state index contributed by atoms with van der Waals surface area (Å²) in [5.41, 5.74) is 0.433. The van der Waals surface area contributed by atoms with Crippen molar-refractivity contribution >= 4 is 28.3 Å². The topological polar surface area (TPSA) is 58.9 Å². The van der Waals surface area contributed by atoms with E-state index >= 15 is 0 Å². The lowest BCUT2D eigenvalue weighted by molar-refractivity contribution is -0.137. The number of alkyl halides is 3. The second-order valence-electron chi connectivity index (χ2n) is 7.38. The zero-order valence-corrected chi connectivity index (χ0v) is 16.7. The fourth-order valence-electron chi connectivity index (χ4n) is 3.73. The number of nitrogens with zero attached hydrogens (tertiary/aromatic N) is 5. The van der Waals surface area contributed by atoms with E-state index in [2.05, 4.69) is 32.4 Å². The number of rotatable bonds is 3. The molecule has 0 radical (unpaired) electrons. The summed E-state index contributed by atoms with van der Waals surface area (Å²) in [6.45, 7) is 1.97. The van der Waals surface area contributed by atoms with Crippen molar-refractivity contribution in [2.24, 2.45) is 7.05 Å². The molecule has 0 saturated carbocycles. The van der Waals surface area contributed by atoms with Gasteiger partial charge >= 0.3 is 6.18 Å². The lowest BCUT2D eigenvalue weighted by atomic mass is 10.1. The molecule has 154 valence electrons. The highest BCUT2D eigenvalue weighted by Crippen LogP contribution is 2.36. The summed E-state index contributed by atoms with van der Waals surface area (Å²) in [6, 6.07) is 2.96. The molecule has 0 bridgehead atoms. The van der Waals surface area contributed by atoms with Crippen molar-refractivity contribution in [3.05, 3.63) is 35.1 Å². The molecule has 6 nitrogen and oxygen atoms in total. The van der Waals surface area contributed by atoms with Crippen LogP contribution in [0.5, 0.6) is 0 Å². The Hall–Kier alpha value is -2.39. The molecule has 1 fully saturated rings. The van der Waals surface area contributed by atoms with E-state index in [4.69, 9.17) is 11.6 Å². The van der Waals surface area contributed by atoms with Crippen molar-refractivity contribution in [1.82, 2.24) is 24.6 Å². The number of likely N-dealkylation sites (N-methyl/N-ethyl adjacent to an activating group) is 1. The minimum atomic E-state index is -4.51. The number of hydrogen-bond acceptors (Lipinski definition) is 5. The Labute approximate surface area is 170 Å². The van der Waals surface area contributed by atoms with Gasteiger partial charge in [0.1, 0.15) is 11.4 Å². The first-order valence-electron chi connectivity index (χ1n) is 9.24. The van der Waals surface area contributed by atoms with Gasteiger partial charge in [-0.2, -0.15) is 13.2 Å². The molecule has 0 unspecified atom stereocenters. The third-order valence-corrected chi connectivity index (χ3v) is 5.45. The molecule has 1 atom stereocenters. The normalized spacial score (nSPS) is 18.3. The van der Waals surface area contributed by atoms with E-state index in [1.54, 1.807) is 0 Å². The second-order valence-corrected chi connectivity index (χ2v) is 7.79. The van der Waals surface area contributed by atoms with Gasteiger partial charge < -0.3 is 14.8 Å². The summed E-state index contributed by atoms with van der Waals surface area (Å²) in [5.74, 6) is 0.639. The number of anilines is 1. The van der Waals surface area contributed by atoms with Crippen LogP contribution in [0.1, 0.15) is 18.4 Å². The molecule has 1 aliphatic heterocycles. The molecule has 0 aliphatic carbocycles. The molecule has 0 spiro atoms. The van der Waals surface area contributed by atoms with Gasteiger partial charge in [0.25, 0.3) is 0 Å². The molecular formula is C19H20ClF3N6. The molecule has 10 heteroatoms. The molecule has 29 heavy (non-hydrogen) atoms. The maximum atomic E-state index is 12.9. The zero-order chi connectivity index (χ0) is 20.8. The number of nitrogens with one attached hydrogen (secondary N) is 1. The monoisotopic (exact) mass is 424 g/mol. The van der Waals surface area contributed by atoms with E-state index < -0.39 is 11.7 Å². The van der Waals surface area contributed by atoms with E-state index in [-0.39, 0.29) is 16.8 Å². The molecule has 3 aromatic rings. The van der Waals surface area contributed by atoms with Crippen LogP contribution in [-0.4, -0.2) is 50.8 Å². The van der Waals surface area contributed by atoms with Gasteiger partial charge in [0.05, 0.1) is 16.1 Å². The van der Waals surface area contributed by atoms with Crippen LogP contribution in [-0.2, 0) is 13.2 Å². The molecule has 1 N–H and O–H groups in total. The molecule has 3 aromatic heterocycles. The highest BCUT2D eigenvalue weighted by molar-refractivity contribution is 6.33. The van der Waals surface area contributed by atoms with Crippen LogP contribution in [0.15, 0.2) is 24.5 Å². The Bertz CT molecular complexity index is 1050. The van der Waals surface area contributed by atoms with Gasteiger partial charge in [-0.1, -0.05) is 11.6 Å². The van der Waals surface area contributed by atoms with E-state index in [0.29, 0.717) is 11.5 Å². The molecule has 4 heterocycles. The number of halogens is 4. The van der Waals surface area contributed by atoms with E-state index in [1.807, 2.05) is 23.9 Å². The minimum absolute atomic E-state index is 0.117. The standard InChI is InChI=1S/C19H20ClF3N6/c1-28-6-3-4-12(10-28)25-18-17-13(5-7-29(17)2)15(26-27-18)16-14(20)8-11(9-24-16)19(21,22)23/h5,7-9,12H,3-4,6,10H2,1-2H3,(H,25,27)/t12-/m1/s1. The quantitative estimate of drug-likeness (QED) is 0.682. The lowest BCUT2D eigenvalue weighted by Gasteiger charge is -2.30. The number of aryl methyl sites for hydroxylation is 1. The first-order valence-corrected chi connectivity index (χ1v) is 9.61. The van der Waals surface area contributed by atoms with Crippen molar-refractivity contribution in [3.8, 4) is 11.4 Å². The predicted octanol–water partition coefficient (Wildman–Crippen LogP) is 4.21. The summed E-state index contributed by atoms with van der Waals surface area (Å²) in [7, 11) is 3.97. The Morgan fingerprint density at radius 3 is 2.69 bits per heavy atom. The van der Waals surface area contributed by atoms with Gasteiger partial charge in [-0.05, 0) is 38.6 Å². The van der Waals surface area contributed by atoms with Gasteiger partial charge in [-0.25, -0.2) is 0 Å². The number of piperidine rings is 1. The van der Waals surface area contributed by atoms with Crippen molar-refractivity contribution in [2.45, 2.75) is 25.1 Å². The molecule has 1 aliphatic rings. The molecular weight excluding hydrogens is 405 g/mol. The smallest absolute Gasteiger partial charge is 0.363 e. The average molecular weight is 425 g/mol. The van der Waals surface area contributed by atoms with Crippen LogP contribution >= 0.6 is 11.6 Å². The maximum absolute atomic E-state index is 12.9. The van der Waals surface area contributed by atoms with Crippen molar-refractivity contribution in [3.63, 3.8) is 0 Å². The summed E-state index contributed by atoms with van der Waals surface area (Å²) in [4.78, 5) is 6.20. The number of fused-ring (bicyclic) bond motifs is 1. The number of pyridine rings is 1. The van der Waals surface area contributed by atoms with E-state index in [1.165, 1.54) is 0 Å². The van der Waals surface area contributed by atoms with Crippen LogP contribution in [0.2, 0.25) is 5.02 Å². The van der Waals surface area contributed by atoms with Gasteiger partial charge in [0.15, 0.2) is 5.82 Å². The highest BCUT2D eigenvalue weighted by atomic mass is 35.5. The molecule has 0 amide bonds.